The van der Waals surface area contributed by atoms with Crippen molar-refractivity contribution in [2.45, 2.75) is 25.3 Å². The van der Waals surface area contributed by atoms with E-state index in [0.29, 0.717) is 0 Å². The molecule has 1 aromatic rings. The van der Waals surface area contributed by atoms with Crippen LogP contribution >= 0.6 is 12.4 Å². The van der Waals surface area contributed by atoms with E-state index in [9.17, 15) is 0 Å². The fraction of sp³-hybridized carbons (Fsp3) is 0.538. The molecule has 0 atom stereocenters. The molecule has 0 aromatic heterocycles. The van der Waals surface area contributed by atoms with Gasteiger partial charge in [-0.25, -0.2) is 0 Å². The van der Waals surface area contributed by atoms with Crippen molar-refractivity contribution in [2.75, 3.05) is 20.2 Å². The first-order valence-electron chi connectivity index (χ1n) is 5.74. The zero-order valence-electron chi connectivity index (χ0n) is 9.76. The van der Waals surface area contributed by atoms with Crippen LogP contribution in [-0.2, 0) is 0 Å². The van der Waals surface area contributed by atoms with Crippen molar-refractivity contribution in [3.8, 4) is 5.75 Å². The fourth-order valence-corrected chi connectivity index (χ4v) is 1.83. The summed E-state index contributed by atoms with van der Waals surface area (Å²) in [6.45, 7) is 1.82. The van der Waals surface area contributed by atoms with Crippen molar-refractivity contribution in [2.24, 2.45) is 0 Å². The average Bonchev–Trinajstić information content (AvgIpc) is 2.16. The van der Waals surface area contributed by atoms with Crippen molar-refractivity contribution >= 4 is 12.4 Å². The highest BCUT2D eigenvalue weighted by molar-refractivity contribution is 5.85. The first-order valence-corrected chi connectivity index (χ1v) is 5.74. The van der Waals surface area contributed by atoms with Gasteiger partial charge in [0, 0.05) is 12.6 Å². The number of hydrogen-bond acceptors (Lipinski definition) is 2. The van der Waals surface area contributed by atoms with Gasteiger partial charge in [-0.2, -0.15) is 0 Å². The molecule has 0 unspecified atom stereocenters. The van der Waals surface area contributed by atoms with Crippen molar-refractivity contribution in [3.63, 3.8) is 0 Å². The largest absolute Gasteiger partial charge is 0.492 e. The van der Waals surface area contributed by atoms with Gasteiger partial charge in [0.1, 0.15) is 12.4 Å². The molecule has 1 saturated carbocycles. The Bertz CT molecular complexity index is 287. The molecule has 90 valence electrons. The lowest BCUT2D eigenvalue weighted by atomic mass is 9.92. The Morgan fingerprint density at radius 3 is 2.50 bits per heavy atom. The van der Waals surface area contributed by atoms with Crippen LogP contribution in [-0.4, -0.2) is 31.1 Å². The van der Waals surface area contributed by atoms with Crippen LogP contribution in [0.25, 0.3) is 0 Å². The maximum absolute atomic E-state index is 5.65. The maximum atomic E-state index is 5.65. The van der Waals surface area contributed by atoms with E-state index in [1.165, 1.54) is 19.3 Å². The van der Waals surface area contributed by atoms with Gasteiger partial charge in [-0.15, -0.1) is 12.4 Å². The summed E-state index contributed by atoms with van der Waals surface area (Å²) in [7, 11) is 2.19. The number of halogens is 1. The summed E-state index contributed by atoms with van der Waals surface area (Å²) in [5.41, 5.74) is 0. The van der Waals surface area contributed by atoms with Crippen LogP contribution in [0.3, 0.4) is 0 Å². The molecule has 0 saturated heterocycles. The lowest BCUT2D eigenvalue weighted by Gasteiger charge is -2.34. The zero-order chi connectivity index (χ0) is 10.5. The Morgan fingerprint density at radius 1 is 1.25 bits per heavy atom. The molecule has 16 heavy (non-hydrogen) atoms. The highest BCUT2D eigenvalue weighted by Crippen LogP contribution is 2.23. The molecule has 2 nitrogen and oxygen atoms in total. The van der Waals surface area contributed by atoms with E-state index in [0.717, 1.165) is 24.9 Å². The number of rotatable bonds is 5. The highest BCUT2D eigenvalue weighted by atomic mass is 35.5. The SMILES string of the molecule is CN(CCOc1ccccc1)C1CCC1.Cl. The molecule has 0 heterocycles. The van der Waals surface area contributed by atoms with E-state index in [2.05, 4.69) is 11.9 Å². The molecule has 1 aromatic carbocycles. The Balaban J connectivity index is 0.00000128. The van der Waals surface area contributed by atoms with Crippen LogP contribution in [0.2, 0.25) is 0 Å². The Morgan fingerprint density at radius 2 is 1.94 bits per heavy atom. The lowest BCUT2D eigenvalue weighted by Crippen LogP contribution is -2.39. The quantitative estimate of drug-likeness (QED) is 0.786. The number of nitrogens with zero attached hydrogens (tertiary/aromatic N) is 1. The average molecular weight is 242 g/mol. The van der Waals surface area contributed by atoms with Gasteiger partial charge in [-0.3, -0.25) is 0 Å². The first kappa shape index (κ1) is 13.3. The molecule has 0 spiro atoms. The minimum absolute atomic E-state index is 0. The second-order valence-electron chi connectivity index (χ2n) is 4.23. The van der Waals surface area contributed by atoms with Crippen LogP contribution in [0.5, 0.6) is 5.75 Å². The predicted molar refractivity (Wildman–Crippen MR) is 69.5 cm³/mol. The molecule has 0 bridgehead atoms. The second-order valence-corrected chi connectivity index (χ2v) is 4.23. The third-order valence-corrected chi connectivity index (χ3v) is 3.15. The van der Waals surface area contributed by atoms with Gasteiger partial charge >= 0.3 is 0 Å². The standard InChI is InChI=1S/C13H19NO.ClH/c1-14(12-6-5-7-12)10-11-15-13-8-3-2-4-9-13;/h2-4,8-9,12H,5-7,10-11H2,1H3;1H. The van der Waals surface area contributed by atoms with Gasteiger partial charge in [0.25, 0.3) is 0 Å². The molecule has 1 fully saturated rings. The van der Waals surface area contributed by atoms with Gasteiger partial charge < -0.3 is 9.64 Å². The van der Waals surface area contributed by atoms with Gasteiger partial charge in [-0.05, 0) is 32.0 Å². The molecule has 0 radical (unpaired) electrons. The molecule has 0 N–H and O–H groups in total. The number of hydrogen-bond donors (Lipinski definition) is 0. The summed E-state index contributed by atoms with van der Waals surface area (Å²) in [6.07, 6.45) is 4.12. The summed E-state index contributed by atoms with van der Waals surface area (Å²) in [6, 6.07) is 10.8. The Hall–Kier alpha value is -0.730. The number of para-hydroxylation sites is 1. The molecule has 0 aliphatic heterocycles. The highest BCUT2D eigenvalue weighted by Gasteiger charge is 2.21. The molecule has 2 rings (SSSR count). The van der Waals surface area contributed by atoms with Crippen molar-refractivity contribution in [1.82, 2.24) is 4.90 Å². The maximum Gasteiger partial charge on any atom is 0.119 e. The van der Waals surface area contributed by atoms with E-state index in [1.54, 1.807) is 0 Å². The third-order valence-electron chi connectivity index (χ3n) is 3.15. The summed E-state index contributed by atoms with van der Waals surface area (Å²) in [5, 5.41) is 0. The molecular weight excluding hydrogens is 222 g/mol. The summed E-state index contributed by atoms with van der Waals surface area (Å²) in [4.78, 5) is 2.41. The van der Waals surface area contributed by atoms with Crippen molar-refractivity contribution < 1.29 is 4.74 Å². The van der Waals surface area contributed by atoms with Gasteiger partial charge in [0.05, 0.1) is 0 Å². The predicted octanol–water partition coefficient (Wildman–Crippen LogP) is 2.97. The summed E-state index contributed by atoms with van der Waals surface area (Å²) in [5.74, 6) is 0.972. The number of likely N-dealkylation sites (N-methyl/N-ethyl adjacent to an activating group) is 1. The number of ether oxygens (including phenoxy) is 1. The van der Waals surface area contributed by atoms with E-state index >= 15 is 0 Å². The minimum atomic E-state index is 0. The van der Waals surface area contributed by atoms with Crippen LogP contribution < -0.4 is 4.74 Å². The third kappa shape index (κ3) is 3.69. The molecule has 1 aliphatic carbocycles. The summed E-state index contributed by atoms with van der Waals surface area (Å²) < 4.78 is 5.65. The Kier molecular flexibility index (Phi) is 5.64. The Labute approximate surface area is 104 Å². The molecular formula is C13H20ClNO. The lowest BCUT2D eigenvalue weighted by molar-refractivity contribution is 0.135. The zero-order valence-corrected chi connectivity index (χ0v) is 10.6. The van der Waals surface area contributed by atoms with Crippen molar-refractivity contribution in [1.29, 1.82) is 0 Å². The van der Waals surface area contributed by atoms with E-state index in [-0.39, 0.29) is 12.4 Å². The molecule has 1 aliphatic rings. The van der Waals surface area contributed by atoms with Crippen LogP contribution in [0.4, 0.5) is 0 Å². The normalized spacial score (nSPS) is 15.4. The van der Waals surface area contributed by atoms with E-state index < -0.39 is 0 Å². The monoisotopic (exact) mass is 241 g/mol. The molecule has 3 heteroatoms. The first-order chi connectivity index (χ1) is 7.36. The summed E-state index contributed by atoms with van der Waals surface area (Å²) >= 11 is 0. The van der Waals surface area contributed by atoms with Crippen molar-refractivity contribution in [3.05, 3.63) is 30.3 Å². The van der Waals surface area contributed by atoms with Crippen LogP contribution in [0.1, 0.15) is 19.3 Å². The van der Waals surface area contributed by atoms with Gasteiger partial charge in [-0.1, -0.05) is 24.6 Å². The van der Waals surface area contributed by atoms with Gasteiger partial charge in [0.15, 0.2) is 0 Å². The van der Waals surface area contributed by atoms with Crippen LogP contribution in [0.15, 0.2) is 30.3 Å². The topological polar surface area (TPSA) is 12.5 Å². The smallest absolute Gasteiger partial charge is 0.119 e. The van der Waals surface area contributed by atoms with Gasteiger partial charge in [0.2, 0.25) is 0 Å². The minimum Gasteiger partial charge on any atom is -0.492 e. The van der Waals surface area contributed by atoms with E-state index in [1.807, 2.05) is 30.3 Å². The van der Waals surface area contributed by atoms with Crippen LogP contribution in [0, 0.1) is 0 Å². The fourth-order valence-electron chi connectivity index (χ4n) is 1.83. The number of benzene rings is 1. The van der Waals surface area contributed by atoms with E-state index in [4.69, 9.17) is 4.74 Å². The second kappa shape index (κ2) is 6.77. The molecule has 0 amide bonds.